The Morgan fingerprint density at radius 1 is 1.47 bits per heavy atom. The highest BCUT2D eigenvalue weighted by Gasteiger charge is 2.35. The molecule has 0 aliphatic carbocycles. The molecule has 0 radical (unpaired) electrons. The van der Waals surface area contributed by atoms with E-state index in [0.29, 0.717) is 13.2 Å². The van der Waals surface area contributed by atoms with Crippen molar-refractivity contribution >= 4 is 5.97 Å². The zero-order chi connectivity index (χ0) is 11.3. The van der Waals surface area contributed by atoms with Gasteiger partial charge in [-0.15, -0.1) is 0 Å². The first-order valence-electron chi connectivity index (χ1n) is 5.63. The molecule has 0 bridgehead atoms. The van der Waals surface area contributed by atoms with E-state index in [9.17, 15) is 4.79 Å². The lowest BCUT2D eigenvalue weighted by atomic mass is 9.97. The molecule has 0 aromatic carbocycles. The Bertz CT molecular complexity index is 214. The lowest BCUT2D eigenvalue weighted by Gasteiger charge is -2.37. The molecule has 1 aliphatic rings. The molecule has 1 saturated heterocycles. The topological polar surface area (TPSA) is 49.8 Å². The number of carboxylic acids is 1. The zero-order valence-corrected chi connectivity index (χ0v) is 9.66. The van der Waals surface area contributed by atoms with E-state index in [1.54, 1.807) is 0 Å². The van der Waals surface area contributed by atoms with Crippen LogP contribution in [0.5, 0.6) is 0 Å². The minimum absolute atomic E-state index is 0.160. The SMILES string of the molecule is CCOCC(C)(CC(=O)O)N1CCCC1. The number of hydrogen-bond acceptors (Lipinski definition) is 3. The third-order valence-corrected chi connectivity index (χ3v) is 3.02. The molecule has 0 aromatic heterocycles. The number of ether oxygens (including phenoxy) is 1. The summed E-state index contributed by atoms with van der Waals surface area (Å²) in [4.78, 5) is 13.1. The molecule has 1 N–H and O–H groups in total. The average Bonchev–Trinajstić information content (AvgIpc) is 2.66. The van der Waals surface area contributed by atoms with Gasteiger partial charge in [0.2, 0.25) is 0 Å². The van der Waals surface area contributed by atoms with E-state index in [-0.39, 0.29) is 12.0 Å². The second-order valence-corrected chi connectivity index (χ2v) is 4.40. The minimum atomic E-state index is -0.746. The molecule has 0 amide bonds. The maximum absolute atomic E-state index is 10.9. The summed E-state index contributed by atoms with van der Waals surface area (Å²) < 4.78 is 5.41. The van der Waals surface area contributed by atoms with Gasteiger partial charge in [0.05, 0.1) is 18.6 Å². The summed E-state index contributed by atoms with van der Waals surface area (Å²) in [6.45, 7) is 7.07. The molecule has 1 unspecified atom stereocenters. The highest BCUT2D eigenvalue weighted by molar-refractivity contribution is 5.68. The van der Waals surface area contributed by atoms with Crippen molar-refractivity contribution in [3.63, 3.8) is 0 Å². The van der Waals surface area contributed by atoms with E-state index in [4.69, 9.17) is 9.84 Å². The summed E-state index contributed by atoms with van der Waals surface area (Å²) in [7, 11) is 0. The monoisotopic (exact) mass is 215 g/mol. The Balaban J connectivity index is 2.60. The second-order valence-electron chi connectivity index (χ2n) is 4.40. The van der Waals surface area contributed by atoms with Crippen LogP contribution in [-0.4, -0.2) is 47.8 Å². The standard InChI is InChI=1S/C11H21NO3/c1-3-15-9-11(2,8-10(13)14)12-6-4-5-7-12/h3-9H2,1-2H3,(H,13,14). The zero-order valence-electron chi connectivity index (χ0n) is 9.66. The molecule has 88 valence electrons. The van der Waals surface area contributed by atoms with E-state index < -0.39 is 5.97 Å². The predicted octanol–water partition coefficient (Wildman–Crippen LogP) is 1.35. The molecule has 0 saturated carbocycles. The minimum Gasteiger partial charge on any atom is -0.481 e. The van der Waals surface area contributed by atoms with Crippen LogP contribution in [0.2, 0.25) is 0 Å². The lowest BCUT2D eigenvalue weighted by molar-refractivity contribution is -0.141. The number of aliphatic carboxylic acids is 1. The number of carboxylic acid groups (broad SMARTS) is 1. The Labute approximate surface area is 91.2 Å². The van der Waals surface area contributed by atoms with Crippen LogP contribution >= 0.6 is 0 Å². The summed E-state index contributed by atoms with van der Waals surface area (Å²) in [5, 5.41) is 8.93. The van der Waals surface area contributed by atoms with Gasteiger partial charge in [-0.05, 0) is 39.8 Å². The van der Waals surface area contributed by atoms with Crippen molar-refractivity contribution in [3.05, 3.63) is 0 Å². The van der Waals surface area contributed by atoms with Gasteiger partial charge in [0.25, 0.3) is 0 Å². The molecule has 4 heteroatoms. The van der Waals surface area contributed by atoms with Gasteiger partial charge in [-0.25, -0.2) is 0 Å². The number of rotatable bonds is 6. The van der Waals surface area contributed by atoms with Crippen molar-refractivity contribution < 1.29 is 14.6 Å². The van der Waals surface area contributed by atoms with Crippen LogP contribution in [-0.2, 0) is 9.53 Å². The Hall–Kier alpha value is -0.610. The Kier molecular flexibility index (Phi) is 4.54. The van der Waals surface area contributed by atoms with Crippen LogP contribution in [0, 0.1) is 0 Å². The fourth-order valence-electron chi connectivity index (χ4n) is 2.16. The van der Waals surface area contributed by atoms with Crippen LogP contribution in [0.25, 0.3) is 0 Å². The van der Waals surface area contributed by atoms with E-state index >= 15 is 0 Å². The number of carbonyl (C=O) groups is 1. The van der Waals surface area contributed by atoms with Crippen molar-refractivity contribution in [1.82, 2.24) is 4.90 Å². The molecular weight excluding hydrogens is 194 g/mol. The van der Waals surface area contributed by atoms with E-state index in [0.717, 1.165) is 13.1 Å². The van der Waals surface area contributed by atoms with Crippen molar-refractivity contribution in [1.29, 1.82) is 0 Å². The van der Waals surface area contributed by atoms with Crippen molar-refractivity contribution in [2.75, 3.05) is 26.3 Å². The highest BCUT2D eigenvalue weighted by Crippen LogP contribution is 2.25. The van der Waals surface area contributed by atoms with Crippen LogP contribution in [0.15, 0.2) is 0 Å². The summed E-state index contributed by atoms with van der Waals surface area (Å²) >= 11 is 0. The fraction of sp³-hybridized carbons (Fsp3) is 0.909. The van der Waals surface area contributed by atoms with Gasteiger partial charge in [-0.1, -0.05) is 0 Å². The number of nitrogens with zero attached hydrogens (tertiary/aromatic N) is 1. The molecule has 1 fully saturated rings. The third kappa shape index (κ3) is 3.47. The normalized spacial score (nSPS) is 21.5. The van der Waals surface area contributed by atoms with Crippen molar-refractivity contribution in [2.45, 2.75) is 38.6 Å². The van der Waals surface area contributed by atoms with Gasteiger partial charge in [0.1, 0.15) is 0 Å². The molecule has 1 aliphatic heterocycles. The van der Waals surface area contributed by atoms with Gasteiger partial charge in [0.15, 0.2) is 0 Å². The average molecular weight is 215 g/mol. The van der Waals surface area contributed by atoms with Crippen LogP contribution in [0.4, 0.5) is 0 Å². The highest BCUT2D eigenvalue weighted by atomic mass is 16.5. The van der Waals surface area contributed by atoms with Crippen molar-refractivity contribution in [3.8, 4) is 0 Å². The van der Waals surface area contributed by atoms with Crippen LogP contribution in [0.1, 0.15) is 33.1 Å². The van der Waals surface area contributed by atoms with E-state index in [2.05, 4.69) is 4.90 Å². The number of likely N-dealkylation sites (tertiary alicyclic amines) is 1. The summed E-state index contributed by atoms with van der Waals surface area (Å²) in [5.41, 5.74) is -0.335. The number of hydrogen-bond donors (Lipinski definition) is 1. The molecular formula is C11H21NO3. The smallest absolute Gasteiger partial charge is 0.305 e. The maximum Gasteiger partial charge on any atom is 0.305 e. The second kappa shape index (κ2) is 5.47. The van der Waals surface area contributed by atoms with Gasteiger partial charge in [-0.3, -0.25) is 9.69 Å². The summed E-state index contributed by atoms with van der Waals surface area (Å²) in [6, 6.07) is 0. The van der Waals surface area contributed by atoms with Crippen LogP contribution < -0.4 is 0 Å². The van der Waals surface area contributed by atoms with Crippen molar-refractivity contribution in [2.24, 2.45) is 0 Å². The lowest BCUT2D eigenvalue weighted by Crippen LogP contribution is -2.49. The quantitative estimate of drug-likeness (QED) is 0.726. The first-order chi connectivity index (χ1) is 7.08. The fourth-order valence-corrected chi connectivity index (χ4v) is 2.16. The van der Waals surface area contributed by atoms with Gasteiger partial charge >= 0.3 is 5.97 Å². The molecule has 1 heterocycles. The first kappa shape index (κ1) is 12.5. The summed E-state index contributed by atoms with van der Waals surface area (Å²) in [5.74, 6) is -0.746. The van der Waals surface area contributed by atoms with Gasteiger partial charge in [-0.2, -0.15) is 0 Å². The van der Waals surface area contributed by atoms with E-state index in [1.807, 2.05) is 13.8 Å². The third-order valence-electron chi connectivity index (χ3n) is 3.02. The predicted molar refractivity (Wildman–Crippen MR) is 58.0 cm³/mol. The maximum atomic E-state index is 10.9. The first-order valence-corrected chi connectivity index (χ1v) is 5.63. The van der Waals surface area contributed by atoms with Gasteiger partial charge in [0, 0.05) is 6.61 Å². The molecule has 0 spiro atoms. The summed E-state index contributed by atoms with van der Waals surface area (Å²) in [6.07, 6.45) is 2.50. The van der Waals surface area contributed by atoms with Crippen LogP contribution in [0.3, 0.4) is 0 Å². The van der Waals surface area contributed by atoms with E-state index in [1.165, 1.54) is 12.8 Å². The Morgan fingerprint density at radius 2 is 2.07 bits per heavy atom. The Morgan fingerprint density at radius 3 is 2.53 bits per heavy atom. The molecule has 1 atom stereocenters. The molecule has 15 heavy (non-hydrogen) atoms. The molecule has 0 aromatic rings. The largest absolute Gasteiger partial charge is 0.481 e. The molecule has 1 rings (SSSR count). The molecule has 4 nitrogen and oxygen atoms in total. The van der Waals surface area contributed by atoms with Gasteiger partial charge < -0.3 is 9.84 Å².